The van der Waals surface area contributed by atoms with Crippen LogP contribution in [0.2, 0.25) is 0 Å². The number of carbonyl (C=O) groups excluding carboxylic acids is 1. The van der Waals surface area contributed by atoms with E-state index in [2.05, 4.69) is 25.6 Å². The standard InChI is InChI=1S/C26H25N5O2/c1-4-24-27-15-13-22(31-24)21-6-5-14-28-25(21)33-23-12-11-20(16-18(23)3)30-26(32)29-19-9-7-17(2)8-10-19/h5-16H,4H2,1-3H3,(H2,29,30,32). The molecule has 0 saturated heterocycles. The average molecular weight is 440 g/mol. The topological polar surface area (TPSA) is 89.0 Å². The monoisotopic (exact) mass is 439 g/mol. The number of ether oxygens (including phenoxy) is 1. The Morgan fingerprint density at radius 1 is 0.909 bits per heavy atom. The van der Waals surface area contributed by atoms with E-state index >= 15 is 0 Å². The van der Waals surface area contributed by atoms with Gasteiger partial charge in [-0.25, -0.2) is 19.7 Å². The lowest BCUT2D eigenvalue weighted by molar-refractivity contribution is 0.262. The van der Waals surface area contributed by atoms with Crippen LogP contribution < -0.4 is 15.4 Å². The van der Waals surface area contributed by atoms with E-state index in [0.29, 0.717) is 17.3 Å². The van der Waals surface area contributed by atoms with Gasteiger partial charge in [0.25, 0.3) is 0 Å². The summed E-state index contributed by atoms with van der Waals surface area (Å²) >= 11 is 0. The molecule has 0 unspecified atom stereocenters. The van der Waals surface area contributed by atoms with E-state index in [1.54, 1.807) is 18.5 Å². The zero-order valence-corrected chi connectivity index (χ0v) is 18.8. The first-order valence-electron chi connectivity index (χ1n) is 10.7. The minimum Gasteiger partial charge on any atom is -0.438 e. The highest BCUT2D eigenvalue weighted by molar-refractivity contribution is 5.99. The lowest BCUT2D eigenvalue weighted by Crippen LogP contribution is -2.19. The lowest BCUT2D eigenvalue weighted by Gasteiger charge is -2.13. The second kappa shape index (κ2) is 9.91. The minimum atomic E-state index is -0.311. The van der Waals surface area contributed by atoms with E-state index < -0.39 is 0 Å². The largest absolute Gasteiger partial charge is 0.438 e. The maximum absolute atomic E-state index is 12.3. The van der Waals surface area contributed by atoms with Gasteiger partial charge in [0.15, 0.2) is 0 Å². The normalized spacial score (nSPS) is 10.5. The minimum absolute atomic E-state index is 0.311. The number of anilines is 2. The summed E-state index contributed by atoms with van der Waals surface area (Å²) in [5.74, 6) is 1.86. The summed E-state index contributed by atoms with van der Waals surface area (Å²) < 4.78 is 6.14. The number of aryl methyl sites for hydroxylation is 3. The molecule has 0 fully saturated rings. The Balaban J connectivity index is 1.49. The fraction of sp³-hybridized carbons (Fsp3) is 0.154. The van der Waals surface area contributed by atoms with Crippen molar-refractivity contribution in [1.29, 1.82) is 0 Å². The number of nitrogens with zero attached hydrogens (tertiary/aromatic N) is 3. The first-order valence-corrected chi connectivity index (χ1v) is 10.7. The molecule has 33 heavy (non-hydrogen) atoms. The molecule has 4 rings (SSSR count). The van der Waals surface area contributed by atoms with E-state index in [1.165, 1.54) is 0 Å². The van der Waals surface area contributed by atoms with Crippen LogP contribution in [-0.4, -0.2) is 21.0 Å². The van der Waals surface area contributed by atoms with Crippen molar-refractivity contribution < 1.29 is 9.53 Å². The summed E-state index contributed by atoms with van der Waals surface area (Å²) in [6.45, 7) is 5.93. The van der Waals surface area contributed by atoms with Crippen molar-refractivity contribution in [3.63, 3.8) is 0 Å². The average Bonchev–Trinajstić information content (AvgIpc) is 2.82. The highest BCUT2D eigenvalue weighted by atomic mass is 16.5. The highest BCUT2D eigenvalue weighted by Gasteiger charge is 2.13. The lowest BCUT2D eigenvalue weighted by atomic mass is 10.1. The molecular formula is C26H25N5O2. The van der Waals surface area contributed by atoms with Crippen LogP contribution in [0.25, 0.3) is 11.3 Å². The molecule has 0 spiro atoms. The smallest absolute Gasteiger partial charge is 0.323 e. The summed E-state index contributed by atoms with van der Waals surface area (Å²) in [5, 5.41) is 5.67. The number of aromatic nitrogens is 3. The van der Waals surface area contributed by atoms with Crippen molar-refractivity contribution in [2.45, 2.75) is 27.2 Å². The maximum Gasteiger partial charge on any atom is 0.323 e. The summed E-state index contributed by atoms with van der Waals surface area (Å²) in [7, 11) is 0. The first kappa shape index (κ1) is 22.0. The van der Waals surface area contributed by atoms with E-state index in [-0.39, 0.29) is 6.03 Å². The molecule has 2 heterocycles. The Morgan fingerprint density at radius 2 is 1.67 bits per heavy atom. The van der Waals surface area contributed by atoms with Crippen molar-refractivity contribution in [3.8, 4) is 22.9 Å². The number of benzene rings is 2. The number of rotatable bonds is 6. The third-order valence-electron chi connectivity index (χ3n) is 5.02. The van der Waals surface area contributed by atoms with Crippen LogP contribution in [0, 0.1) is 13.8 Å². The van der Waals surface area contributed by atoms with Crippen LogP contribution in [0.1, 0.15) is 23.9 Å². The third-order valence-corrected chi connectivity index (χ3v) is 5.02. The number of hydrogen-bond donors (Lipinski definition) is 2. The molecule has 0 saturated carbocycles. The molecule has 0 aliphatic carbocycles. The predicted octanol–water partition coefficient (Wildman–Crippen LogP) is 6.15. The molecule has 4 aromatic rings. The number of nitrogens with one attached hydrogen (secondary N) is 2. The zero-order valence-electron chi connectivity index (χ0n) is 18.8. The van der Waals surface area contributed by atoms with Crippen molar-refractivity contribution in [2.24, 2.45) is 0 Å². The van der Waals surface area contributed by atoms with E-state index in [0.717, 1.165) is 40.3 Å². The van der Waals surface area contributed by atoms with Gasteiger partial charge in [-0.15, -0.1) is 0 Å². The molecule has 166 valence electrons. The first-order chi connectivity index (χ1) is 16.0. The van der Waals surface area contributed by atoms with E-state index in [9.17, 15) is 4.79 Å². The van der Waals surface area contributed by atoms with Crippen LogP contribution in [0.3, 0.4) is 0 Å². The second-order valence-electron chi connectivity index (χ2n) is 7.60. The molecular weight excluding hydrogens is 414 g/mol. The van der Waals surface area contributed by atoms with E-state index in [4.69, 9.17) is 4.74 Å². The van der Waals surface area contributed by atoms with Gasteiger partial charge in [-0.2, -0.15) is 0 Å². The van der Waals surface area contributed by atoms with Gasteiger partial charge >= 0.3 is 6.03 Å². The summed E-state index contributed by atoms with van der Waals surface area (Å²) in [5.41, 5.74) is 4.93. The van der Waals surface area contributed by atoms with Crippen LogP contribution in [-0.2, 0) is 6.42 Å². The molecule has 0 aliphatic rings. The fourth-order valence-corrected chi connectivity index (χ4v) is 3.26. The van der Waals surface area contributed by atoms with Crippen molar-refractivity contribution in [2.75, 3.05) is 10.6 Å². The van der Waals surface area contributed by atoms with Gasteiger partial charge in [0.1, 0.15) is 11.6 Å². The third kappa shape index (κ3) is 5.51. The highest BCUT2D eigenvalue weighted by Crippen LogP contribution is 2.32. The molecule has 2 N–H and O–H groups in total. The predicted molar refractivity (Wildman–Crippen MR) is 130 cm³/mol. The Bertz CT molecular complexity index is 1270. The van der Waals surface area contributed by atoms with Gasteiger partial charge in [-0.3, -0.25) is 0 Å². The molecule has 0 radical (unpaired) electrons. The molecule has 2 aromatic carbocycles. The van der Waals surface area contributed by atoms with Crippen LogP contribution >= 0.6 is 0 Å². The van der Waals surface area contributed by atoms with Crippen LogP contribution in [0.5, 0.6) is 11.6 Å². The van der Waals surface area contributed by atoms with Gasteiger partial charge in [-0.05, 0) is 67.9 Å². The SMILES string of the molecule is CCc1nccc(-c2cccnc2Oc2ccc(NC(=O)Nc3ccc(C)cc3)cc2C)n1. The number of carbonyl (C=O) groups is 1. The molecule has 2 aromatic heterocycles. The number of hydrogen-bond acceptors (Lipinski definition) is 5. The van der Waals surface area contributed by atoms with Gasteiger partial charge in [0.05, 0.1) is 11.3 Å². The van der Waals surface area contributed by atoms with Crippen LogP contribution in [0.4, 0.5) is 16.2 Å². The Hall–Kier alpha value is -4.26. The maximum atomic E-state index is 12.3. The molecule has 7 heteroatoms. The Labute approximate surface area is 192 Å². The molecule has 2 amide bonds. The quantitative estimate of drug-likeness (QED) is 0.376. The van der Waals surface area contributed by atoms with Gasteiger partial charge in [0, 0.05) is 30.2 Å². The zero-order chi connectivity index (χ0) is 23.2. The van der Waals surface area contributed by atoms with Crippen molar-refractivity contribution >= 4 is 17.4 Å². The summed E-state index contributed by atoms with van der Waals surface area (Å²) in [4.78, 5) is 25.6. The van der Waals surface area contributed by atoms with Gasteiger partial charge < -0.3 is 15.4 Å². The second-order valence-corrected chi connectivity index (χ2v) is 7.60. The Kier molecular flexibility index (Phi) is 6.59. The Morgan fingerprint density at radius 3 is 2.42 bits per heavy atom. The summed E-state index contributed by atoms with van der Waals surface area (Å²) in [6, 6.07) is 18.4. The number of urea groups is 1. The molecule has 0 bridgehead atoms. The fourth-order valence-electron chi connectivity index (χ4n) is 3.26. The number of pyridine rings is 1. The van der Waals surface area contributed by atoms with Gasteiger partial charge in [-0.1, -0.05) is 24.6 Å². The molecule has 0 atom stereocenters. The summed E-state index contributed by atoms with van der Waals surface area (Å²) in [6.07, 6.45) is 4.17. The van der Waals surface area contributed by atoms with Crippen molar-refractivity contribution in [3.05, 3.63) is 90.0 Å². The number of amides is 2. The molecule has 0 aliphatic heterocycles. The van der Waals surface area contributed by atoms with Gasteiger partial charge in [0.2, 0.25) is 5.88 Å². The van der Waals surface area contributed by atoms with Crippen LogP contribution in [0.15, 0.2) is 73.1 Å². The van der Waals surface area contributed by atoms with E-state index in [1.807, 2.05) is 75.4 Å². The van der Waals surface area contributed by atoms with Crippen molar-refractivity contribution in [1.82, 2.24) is 15.0 Å². The molecule has 7 nitrogen and oxygen atoms in total.